The van der Waals surface area contributed by atoms with Crippen LogP contribution in [-0.2, 0) is 0 Å². The summed E-state index contributed by atoms with van der Waals surface area (Å²) in [5.74, 6) is 1.13. The maximum absolute atomic E-state index is 12.6. The van der Waals surface area contributed by atoms with Crippen LogP contribution < -0.4 is 10.1 Å². The average molecular weight is 362 g/mol. The molecule has 0 aliphatic heterocycles. The van der Waals surface area contributed by atoms with E-state index < -0.39 is 0 Å². The molecule has 1 heterocycles. The van der Waals surface area contributed by atoms with Gasteiger partial charge in [-0.3, -0.25) is 9.89 Å². The van der Waals surface area contributed by atoms with Crippen molar-refractivity contribution in [3.63, 3.8) is 0 Å². The summed E-state index contributed by atoms with van der Waals surface area (Å²) in [5.41, 5.74) is 2.02. The summed E-state index contributed by atoms with van der Waals surface area (Å²) in [5, 5.41) is 10.5. The van der Waals surface area contributed by atoms with Crippen LogP contribution in [0.1, 0.15) is 49.4 Å². The number of aromatic amines is 1. The Kier molecular flexibility index (Phi) is 5.97. The zero-order valence-corrected chi connectivity index (χ0v) is 15.2. The van der Waals surface area contributed by atoms with E-state index in [1.807, 2.05) is 19.1 Å². The number of carbonyl (C=O) groups excluding carboxylic acids is 1. The van der Waals surface area contributed by atoms with Gasteiger partial charge in [0.15, 0.2) is 0 Å². The molecule has 3 rings (SSSR count). The van der Waals surface area contributed by atoms with Crippen molar-refractivity contribution in [1.82, 2.24) is 15.5 Å². The van der Waals surface area contributed by atoms with E-state index >= 15 is 0 Å². The monoisotopic (exact) mass is 361 g/mol. The molecular formula is C19H24ClN3O2. The van der Waals surface area contributed by atoms with E-state index in [0.29, 0.717) is 34.6 Å². The SMILES string of the molecule is CCOc1ccc(-c2[nH]ncc2C(=O)NCC2CCCCC2)cc1Cl. The number of halogens is 1. The van der Waals surface area contributed by atoms with Crippen LogP contribution in [0.25, 0.3) is 11.3 Å². The van der Waals surface area contributed by atoms with Gasteiger partial charge in [-0.25, -0.2) is 0 Å². The molecule has 1 aliphatic carbocycles. The first kappa shape index (κ1) is 17.8. The lowest BCUT2D eigenvalue weighted by Crippen LogP contribution is -2.30. The fraction of sp³-hybridized carbons (Fsp3) is 0.474. The average Bonchev–Trinajstić information content (AvgIpc) is 3.12. The molecule has 0 spiro atoms. The number of carbonyl (C=O) groups is 1. The summed E-state index contributed by atoms with van der Waals surface area (Å²) in [6.07, 6.45) is 7.81. The van der Waals surface area contributed by atoms with Crippen molar-refractivity contribution < 1.29 is 9.53 Å². The highest BCUT2D eigenvalue weighted by Gasteiger charge is 2.19. The lowest BCUT2D eigenvalue weighted by Gasteiger charge is -2.21. The molecule has 1 aromatic heterocycles. The quantitative estimate of drug-likeness (QED) is 0.799. The lowest BCUT2D eigenvalue weighted by atomic mass is 9.89. The van der Waals surface area contributed by atoms with E-state index in [4.69, 9.17) is 16.3 Å². The van der Waals surface area contributed by atoms with Crippen molar-refractivity contribution in [3.05, 3.63) is 35.0 Å². The Morgan fingerprint density at radius 1 is 1.36 bits per heavy atom. The molecule has 2 N–H and O–H groups in total. The van der Waals surface area contributed by atoms with Crippen LogP contribution in [0.4, 0.5) is 0 Å². The van der Waals surface area contributed by atoms with Gasteiger partial charge >= 0.3 is 0 Å². The molecule has 1 aliphatic rings. The van der Waals surface area contributed by atoms with Crippen LogP contribution in [0, 0.1) is 5.92 Å². The summed E-state index contributed by atoms with van der Waals surface area (Å²) < 4.78 is 5.46. The smallest absolute Gasteiger partial charge is 0.255 e. The lowest BCUT2D eigenvalue weighted by molar-refractivity contribution is 0.0944. The first-order valence-corrected chi connectivity index (χ1v) is 9.31. The third-order valence-corrected chi connectivity index (χ3v) is 4.98. The van der Waals surface area contributed by atoms with E-state index in [1.165, 1.54) is 32.1 Å². The van der Waals surface area contributed by atoms with Crippen molar-refractivity contribution in [2.75, 3.05) is 13.2 Å². The zero-order chi connectivity index (χ0) is 17.6. The molecule has 0 bridgehead atoms. The number of aromatic nitrogens is 2. The number of hydrogen-bond acceptors (Lipinski definition) is 3. The second-order valence-corrected chi connectivity index (χ2v) is 6.86. The molecule has 1 amide bonds. The minimum absolute atomic E-state index is 0.0978. The van der Waals surface area contributed by atoms with Gasteiger partial charge in [0, 0.05) is 12.1 Å². The Balaban J connectivity index is 1.71. The maximum Gasteiger partial charge on any atom is 0.255 e. The van der Waals surface area contributed by atoms with Crippen LogP contribution in [0.15, 0.2) is 24.4 Å². The third kappa shape index (κ3) is 4.34. The molecule has 5 nitrogen and oxygen atoms in total. The van der Waals surface area contributed by atoms with Gasteiger partial charge in [-0.15, -0.1) is 0 Å². The molecule has 1 fully saturated rings. The Hall–Kier alpha value is -2.01. The van der Waals surface area contributed by atoms with Gasteiger partial charge < -0.3 is 10.1 Å². The summed E-state index contributed by atoms with van der Waals surface area (Å²) >= 11 is 6.26. The van der Waals surface area contributed by atoms with Gasteiger partial charge in [0.2, 0.25) is 0 Å². The summed E-state index contributed by atoms with van der Waals surface area (Å²) in [6, 6.07) is 5.48. The Bertz CT molecular complexity index is 723. The summed E-state index contributed by atoms with van der Waals surface area (Å²) in [7, 11) is 0. The number of hydrogen-bond donors (Lipinski definition) is 2. The largest absolute Gasteiger partial charge is 0.492 e. The van der Waals surface area contributed by atoms with Crippen molar-refractivity contribution in [1.29, 1.82) is 0 Å². The van der Waals surface area contributed by atoms with Gasteiger partial charge in [0.1, 0.15) is 5.75 Å². The van der Waals surface area contributed by atoms with Crippen molar-refractivity contribution in [2.24, 2.45) is 5.92 Å². The Labute approximate surface area is 153 Å². The molecule has 134 valence electrons. The number of nitrogens with zero attached hydrogens (tertiary/aromatic N) is 1. The van der Waals surface area contributed by atoms with Crippen LogP contribution in [0.5, 0.6) is 5.75 Å². The molecular weight excluding hydrogens is 338 g/mol. The Morgan fingerprint density at radius 3 is 2.88 bits per heavy atom. The highest BCUT2D eigenvalue weighted by Crippen LogP contribution is 2.31. The molecule has 0 atom stereocenters. The van der Waals surface area contributed by atoms with Gasteiger partial charge in [0.05, 0.1) is 29.1 Å². The van der Waals surface area contributed by atoms with E-state index in [2.05, 4.69) is 15.5 Å². The maximum atomic E-state index is 12.6. The number of amides is 1. The molecule has 6 heteroatoms. The molecule has 1 aromatic carbocycles. The fourth-order valence-corrected chi connectivity index (χ4v) is 3.57. The van der Waals surface area contributed by atoms with E-state index in [9.17, 15) is 4.79 Å². The number of ether oxygens (including phenoxy) is 1. The van der Waals surface area contributed by atoms with E-state index in [-0.39, 0.29) is 5.91 Å². The molecule has 1 saturated carbocycles. The first-order valence-electron chi connectivity index (χ1n) is 8.93. The second kappa shape index (κ2) is 8.39. The fourth-order valence-electron chi connectivity index (χ4n) is 3.33. The van der Waals surface area contributed by atoms with Gasteiger partial charge in [-0.2, -0.15) is 5.10 Å². The summed E-state index contributed by atoms with van der Waals surface area (Å²) in [4.78, 5) is 12.6. The summed E-state index contributed by atoms with van der Waals surface area (Å²) in [6.45, 7) is 3.19. The van der Waals surface area contributed by atoms with Crippen LogP contribution in [0.3, 0.4) is 0 Å². The number of H-pyrrole nitrogens is 1. The minimum atomic E-state index is -0.0978. The second-order valence-electron chi connectivity index (χ2n) is 6.45. The standard InChI is InChI=1S/C19H24ClN3O2/c1-2-25-17-9-8-14(10-16(17)20)18-15(12-22-23-18)19(24)21-11-13-6-4-3-5-7-13/h8-10,12-13H,2-7,11H2,1H3,(H,21,24)(H,22,23). The van der Waals surface area contributed by atoms with Crippen LogP contribution in [-0.4, -0.2) is 29.3 Å². The van der Waals surface area contributed by atoms with Crippen LogP contribution in [0.2, 0.25) is 5.02 Å². The predicted octanol–water partition coefficient (Wildman–Crippen LogP) is 4.44. The topological polar surface area (TPSA) is 67.0 Å². The number of benzene rings is 1. The van der Waals surface area contributed by atoms with Gasteiger partial charge in [-0.1, -0.05) is 30.9 Å². The highest BCUT2D eigenvalue weighted by molar-refractivity contribution is 6.32. The number of rotatable bonds is 6. The molecule has 2 aromatic rings. The van der Waals surface area contributed by atoms with Gasteiger partial charge in [-0.05, 0) is 43.9 Å². The van der Waals surface area contributed by atoms with E-state index in [1.54, 1.807) is 12.3 Å². The molecule has 25 heavy (non-hydrogen) atoms. The molecule has 0 radical (unpaired) electrons. The molecule has 0 saturated heterocycles. The first-order chi connectivity index (χ1) is 12.2. The van der Waals surface area contributed by atoms with E-state index in [0.717, 1.165) is 12.1 Å². The zero-order valence-electron chi connectivity index (χ0n) is 14.5. The normalized spacial score (nSPS) is 15.1. The highest BCUT2D eigenvalue weighted by atomic mass is 35.5. The van der Waals surface area contributed by atoms with Crippen molar-refractivity contribution in [2.45, 2.75) is 39.0 Å². The van der Waals surface area contributed by atoms with Gasteiger partial charge in [0.25, 0.3) is 5.91 Å². The van der Waals surface area contributed by atoms with Crippen LogP contribution >= 0.6 is 11.6 Å². The van der Waals surface area contributed by atoms with Crippen molar-refractivity contribution in [3.8, 4) is 17.0 Å². The Morgan fingerprint density at radius 2 is 2.16 bits per heavy atom. The third-order valence-electron chi connectivity index (χ3n) is 4.68. The number of nitrogens with one attached hydrogen (secondary N) is 2. The minimum Gasteiger partial charge on any atom is -0.492 e. The predicted molar refractivity (Wildman–Crippen MR) is 99.1 cm³/mol. The molecule has 0 unspecified atom stereocenters. The van der Waals surface area contributed by atoms with Crippen molar-refractivity contribution >= 4 is 17.5 Å².